The molecule has 1 heterocycles. The summed E-state index contributed by atoms with van der Waals surface area (Å²) in [5.74, 6) is -0.0395. The minimum absolute atomic E-state index is 0.244. The molecule has 20 heavy (non-hydrogen) atoms. The van der Waals surface area contributed by atoms with E-state index in [1.165, 1.54) is 6.20 Å². The van der Waals surface area contributed by atoms with Crippen LogP contribution in [-0.4, -0.2) is 23.6 Å². The molecule has 3 nitrogen and oxygen atoms in total. The van der Waals surface area contributed by atoms with E-state index in [2.05, 4.69) is 4.98 Å². The van der Waals surface area contributed by atoms with Crippen molar-refractivity contribution >= 4 is 16.7 Å². The first-order chi connectivity index (χ1) is 9.42. The van der Waals surface area contributed by atoms with Crippen LogP contribution in [0.25, 0.3) is 10.9 Å². The summed E-state index contributed by atoms with van der Waals surface area (Å²) in [6.45, 7) is 2.22. The molecular formula is C14H14F3NO2. The van der Waals surface area contributed by atoms with Crippen molar-refractivity contribution in [2.45, 2.75) is 25.9 Å². The highest BCUT2D eigenvalue weighted by Gasteiger charge is 2.29. The van der Waals surface area contributed by atoms with E-state index >= 15 is 0 Å². The van der Waals surface area contributed by atoms with Gasteiger partial charge in [0.05, 0.1) is 18.4 Å². The zero-order valence-corrected chi connectivity index (χ0v) is 10.9. The van der Waals surface area contributed by atoms with Crippen LogP contribution in [0, 0.1) is 0 Å². The molecule has 2 aromatic rings. The molecule has 2 rings (SSSR count). The molecule has 0 atom stereocenters. The highest BCUT2D eigenvalue weighted by Crippen LogP contribution is 2.31. The Labute approximate surface area is 113 Å². The summed E-state index contributed by atoms with van der Waals surface area (Å²) in [6.07, 6.45) is -4.57. The van der Waals surface area contributed by atoms with Crippen molar-refractivity contribution in [2.75, 3.05) is 6.61 Å². The highest BCUT2D eigenvalue weighted by molar-refractivity contribution is 6.09. The van der Waals surface area contributed by atoms with Gasteiger partial charge >= 0.3 is 6.18 Å². The van der Waals surface area contributed by atoms with Crippen LogP contribution in [0.2, 0.25) is 0 Å². The summed E-state index contributed by atoms with van der Waals surface area (Å²) >= 11 is 0. The number of H-pyrrole nitrogens is 1. The first-order valence-corrected chi connectivity index (χ1v) is 6.25. The third kappa shape index (κ3) is 3.12. The Morgan fingerprint density at radius 3 is 2.75 bits per heavy atom. The van der Waals surface area contributed by atoms with Crippen LogP contribution >= 0.6 is 0 Å². The van der Waals surface area contributed by atoms with E-state index in [1.807, 2.05) is 0 Å². The minimum atomic E-state index is -4.33. The van der Waals surface area contributed by atoms with E-state index in [4.69, 9.17) is 4.74 Å². The minimum Gasteiger partial charge on any atom is -0.493 e. The normalized spacial score (nSPS) is 11.8. The molecule has 0 bridgehead atoms. The number of ether oxygens (including phenoxy) is 1. The molecule has 0 aliphatic carbocycles. The molecule has 0 saturated heterocycles. The van der Waals surface area contributed by atoms with Gasteiger partial charge in [0.1, 0.15) is 5.75 Å². The topological polar surface area (TPSA) is 42.1 Å². The van der Waals surface area contributed by atoms with Crippen LogP contribution < -0.4 is 4.74 Å². The van der Waals surface area contributed by atoms with Gasteiger partial charge in [-0.1, -0.05) is 6.07 Å². The lowest BCUT2D eigenvalue weighted by Crippen LogP contribution is -2.10. The van der Waals surface area contributed by atoms with E-state index in [-0.39, 0.29) is 5.56 Å². The molecule has 0 radical (unpaired) electrons. The summed E-state index contributed by atoms with van der Waals surface area (Å²) in [5, 5.41) is 0.543. The number of aromatic amines is 1. The second kappa shape index (κ2) is 5.56. The van der Waals surface area contributed by atoms with Gasteiger partial charge in [0.2, 0.25) is 0 Å². The van der Waals surface area contributed by atoms with E-state index in [9.17, 15) is 18.0 Å². The van der Waals surface area contributed by atoms with Gasteiger partial charge in [-0.15, -0.1) is 0 Å². The van der Waals surface area contributed by atoms with Crippen LogP contribution in [0.1, 0.15) is 30.1 Å². The number of hydrogen-bond donors (Lipinski definition) is 1. The summed E-state index contributed by atoms with van der Waals surface area (Å²) < 4.78 is 42.0. The number of alkyl halides is 3. The second-order valence-electron chi connectivity index (χ2n) is 4.35. The molecule has 0 fully saturated rings. The van der Waals surface area contributed by atoms with E-state index in [1.54, 1.807) is 25.1 Å². The third-order valence-electron chi connectivity index (χ3n) is 2.90. The number of hydrogen-bond acceptors (Lipinski definition) is 2. The van der Waals surface area contributed by atoms with Gasteiger partial charge in [0, 0.05) is 23.7 Å². The Balaban J connectivity index is 2.32. The van der Waals surface area contributed by atoms with Gasteiger partial charge in [-0.3, -0.25) is 4.79 Å². The molecule has 0 saturated carbocycles. The number of carbonyl (C=O) groups is 1. The van der Waals surface area contributed by atoms with Crippen molar-refractivity contribution in [3.05, 3.63) is 30.0 Å². The number of aromatic nitrogens is 1. The molecule has 1 N–H and O–H groups in total. The van der Waals surface area contributed by atoms with Crippen LogP contribution in [0.4, 0.5) is 13.2 Å². The lowest BCUT2D eigenvalue weighted by atomic mass is 10.0. The zero-order valence-electron chi connectivity index (χ0n) is 10.9. The van der Waals surface area contributed by atoms with Gasteiger partial charge < -0.3 is 9.72 Å². The molecule has 0 amide bonds. The lowest BCUT2D eigenvalue weighted by Gasteiger charge is -2.07. The molecule has 0 aliphatic rings. The number of Topliss-reactive ketones (excluding diaryl/α,β-unsaturated/α-hetero) is 1. The van der Waals surface area contributed by atoms with Crippen LogP contribution in [0.5, 0.6) is 5.75 Å². The monoisotopic (exact) mass is 285 g/mol. The Bertz CT molecular complexity index is 616. The van der Waals surface area contributed by atoms with Crippen LogP contribution in [-0.2, 0) is 0 Å². The van der Waals surface area contributed by atoms with E-state index in [0.29, 0.717) is 23.3 Å². The Hall–Kier alpha value is -1.98. The number of fused-ring (bicyclic) bond motifs is 1. The van der Waals surface area contributed by atoms with Crippen molar-refractivity contribution in [3.63, 3.8) is 0 Å². The van der Waals surface area contributed by atoms with Crippen LogP contribution in [0.15, 0.2) is 24.4 Å². The number of ketones is 1. The van der Waals surface area contributed by atoms with Gasteiger partial charge in [-0.25, -0.2) is 0 Å². The van der Waals surface area contributed by atoms with Gasteiger partial charge in [0.15, 0.2) is 5.78 Å². The number of nitrogens with one attached hydrogen (secondary N) is 1. The molecule has 6 heteroatoms. The average Bonchev–Trinajstić information content (AvgIpc) is 2.80. The Morgan fingerprint density at radius 2 is 2.10 bits per heavy atom. The second-order valence-corrected chi connectivity index (χ2v) is 4.35. The smallest absolute Gasteiger partial charge is 0.389 e. The fourth-order valence-electron chi connectivity index (χ4n) is 2.04. The average molecular weight is 285 g/mol. The first-order valence-electron chi connectivity index (χ1n) is 6.25. The van der Waals surface area contributed by atoms with Crippen LogP contribution in [0.3, 0.4) is 0 Å². The van der Waals surface area contributed by atoms with Crippen molar-refractivity contribution in [3.8, 4) is 5.75 Å². The fourth-order valence-corrected chi connectivity index (χ4v) is 2.04. The highest BCUT2D eigenvalue weighted by atomic mass is 19.4. The first kappa shape index (κ1) is 14.4. The zero-order chi connectivity index (χ0) is 14.8. The largest absolute Gasteiger partial charge is 0.493 e. The van der Waals surface area contributed by atoms with Crippen molar-refractivity contribution in [2.24, 2.45) is 0 Å². The number of benzene rings is 1. The molecular weight excluding hydrogens is 271 g/mol. The maximum atomic E-state index is 12.2. The van der Waals surface area contributed by atoms with Gasteiger partial charge in [-0.05, 0) is 19.1 Å². The summed E-state index contributed by atoms with van der Waals surface area (Å²) in [4.78, 5) is 14.8. The number of rotatable bonds is 5. The third-order valence-corrected chi connectivity index (χ3v) is 2.90. The van der Waals surface area contributed by atoms with Crippen molar-refractivity contribution < 1.29 is 22.7 Å². The fraction of sp³-hybridized carbons (Fsp3) is 0.357. The summed E-state index contributed by atoms with van der Waals surface area (Å²) in [7, 11) is 0. The Kier molecular flexibility index (Phi) is 4.01. The van der Waals surface area contributed by atoms with Crippen molar-refractivity contribution in [1.29, 1.82) is 0 Å². The standard InChI is InChI=1S/C14H14F3NO2/c1-2-20-12-5-3-4-10-13(12)9(8-18-10)11(19)6-7-14(15,16)17/h3-5,8,18H,2,6-7H2,1H3. The molecule has 0 aliphatic heterocycles. The Morgan fingerprint density at radius 1 is 1.35 bits per heavy atom. The van der Waals surface area contributed by atoms with E-state index in [0.717, 1.165) is 0 Å². The SMILES string of the molecule is CCOc1cccc2[nH]cc(C(=O)CCC(F)(F)F)c12. The number of carbonyl (C=O) groups excluding carboxylic acids is 1. The summed E-state index contributed by atoms with van der Waals surface area (Å²) in [5.41, 5.74) is 0.916. The molecule has 0 spiro atoms. The lowest BCUT2D eigenvalue weighted by molar-refractivity contribution is -0.133. The quantitative estimate of drug-likeness (QED) is 0.841. The predicted molar refractivity (Wildman–Crippen MR) is 69.1 cm³/mol. The maximum absolute atomic E-state index is 12.2. The molecule has 108 valence electrons. The molecule has 0 unspecified atom stereocenters. The molecule has 1 aromatic heterocycles. The van der Waals surface area contributed by atoms with Gasteiger partial charge in [0.25, 0.3) is 0 Å². The predicted octanol–water partition coefficient (Wildman–Crippen LogP) is 4.09. The maximum Gasteiger partial charge on any atom is 0.389 e. The van der Waals surface area contributed by atoms with Crippen molar-refractivity contribution in [1.82, 2.24) is 4.98 Å². The number of halogens is 3. The van der Waals surface area contributed by atoms with Gasteiger partial charge in [-0.2, -0.15) is 13.2 Å². The summed E-state index contributed by atoms with van der Waals surface area (Å²) in [6, 6.07) is 5.20. The molecule has 1 aromatic carbocycles. The van der Waals surface area contributed by atoms with E-state index < -0.39 is 24.8 Å².